The van der Waals surface area contributed by atoms with Crippen LogP contribution in [0.4, 0.5) is 0 Å². The first-order valence-corrected chi connectivity index (χ1v) is 8.76. The molecule has 5 heteroatoms. The average Bonchev–Trinajstić information content (AvgIpc) is 2.57. The summed E-state index contributed by atoms with van der Waals surface area (Å²) < 4.78 is 10.3. The summed E-state index contributed by atoms with van der Waals surface area (Å²) in [5.74, 6) is -0.863. The van der Waals surface area contributed by atoms with E-state index in [2.05, 4.69) is 32.1 Å². The lowest BCUT2D eigenvalue weighted by molar-refractivity contribution is -0.475. The molecule has 3 atom stereocenters. The monoisotopic (exact) mass is 340 g/mol. The molecule has 0 saturated carbocycles. The fourth-order valence-electron chi connectivity index (χ4n) is 2.89. The summed E-state index contributed by atoms with van der Waals surface area (Å²) in [6.07, 6.45) is 10.8. The highest BCUT2D eigenvalue weighted by molar-refractivity contribution is 5.69. The van der Waals surface area contributed by atoms with Gasteiger partial charge in [-0.2, -0.15) is 0 Å². The van der Waals surface area contributed by atoms with Crippen molar-refractivity contribution in [2.75, 3.05) is 14.2 Å². The molecule has 1 aliphatic heterocycles. The summed E-state index contributed by atoms with van der Waals surface area (Å²) in [5.41, 5.74) is 1.29. The van der Waals surface area contributed by atoms with Crippen molar-refractivity contribution in [1.29, 1.82) is 0 Å². The molecule has 24 heavy (non-hydrogen) atoms. The van der Waals surface area contributed by atoms with Crippen LogP contribution in [0.15, 0.2) is 23.8 Å². The fourth-order valence-corrected chi connectivity index (χ4v) is 2.89. The summed E-state index contributed by atoms with van der Waals surface area (Å²) in [7, 11) is 3.02. The van der Waals surface area contributed by atoms with Gasteiger partial charge in [0.1, 0.15) is 6.10 Å². The van der Waals surface area contributed by atoms with Gasteiger partial charge in [-0.05, 0) is 32.1 Å². The van der Waals surface area contributed by atoms with E-state index in [1.807, 2.05) is 6.92 Å². The fraction of sp³-hybridized carbons (Fsp3) is 0.737. The van der Waals surface area contributed by atoms with Gasteiger partial charge >= 0.3 is 5.97 Å². The van der Waals surface area contributed by atoms with Crippen LogP contribution in [0.3, 0.4) is 0 Å². The van der Waals surface area contributed by atoms with Crippen molar-refractivity contribution in [1.82, 2.24) is 0 Å². The largest absolute Gasteiger partial charge is 0.469 e. The van der Waals surface area contributed by atoms with Crippen LogP contribution in [-0.4, -0.2) is 32.1 Å². The van der Waals surface area contributed by atoms with Crippen molar-refractivity contribution in [3.8, 4) is 0 Å². The maximum absolute atomic E-state index is 11.4. The summed E-state index contributed by atoms with van der Waals surface area (Å²) in [5, 5.41) is 0. The summed E-state index contributed by atoms with van der Waals surface area (Å²) >= 11 is 0. The number of hydrogen-bond acceptors (Lipinski definition) is 5. The molecule has 1 saturated heterocycles. The average molecular weight is 340 g/mol. The van der Waals surface area contributed by atoms with Gasteiger partial charge in [0.2, 0.25) is 5.79 Å². The molecule has 1 fully saturated rings. The van der Waals surface area contributed by atoms with Crippen LogP contribution in [0.1, 0.15) is 59.3 Å². The number of ether oxygens (including phenoxy) is 2. The third kappa shape index (κ3) is 6.75. The van der Waals surface area contributed by atoms with Crippen molar-refractivity contribution in [2.24, 2.45) is 5.92 Å². The molecule has 1 heterocycles. The Morgan fingerprint density at radius 2 is 2.12 bits per heavy atom. The second-order valence-corrected chi connectivity index (χ2v) is 6.45. The number of unbranched alkanes of at least 4 members (excludes halogenated alkanes) is 1. The van der Waals surface area contributed by atoms with E-state index in [4.69, 9.17) is 19.2 Å². The number of esters is 1. The van der Waals surface area contributed by atoms with Gasteiger partial charge in [-0.15, -0.1) is 0 Å². The molecule has 0 aromatic heterocycles. The van der Waals surface area contributed by atoms with Crippen molar-refractivity contribution in [2.45, 2.75) is 71.2 Å². The number of carbonyl (C=O) groups is 1. The van der Waals surface area contributed by atoms with Gasteiger partial charge in [-0.25, -0.2) is 9.78 Å². The number of methoxy groups -OCH3 is 2. The zero-order valence-electron chi connectivity index (χ0n) is 15.7. The molecule has 1 aliphatic rings. The molecule has 0 aliphatic carbocycles. The molecule has 0 amide bonds. The minimum atomic E-state index is -0.728. The normalized spacial score (nSPS) is 28.3. The number of hydrogen-bond donors (Lipinski definition) is 0. The van der Waals surface area contributed by atoms with E-state index in [-0.39, 0.29) is 24.4 Å². The first kappa shape index (κ1) is 20.9. The van der Waals surface area contributed by atoms with E-state index >= 15 is 0 Å². The van der Waals surface area contributed by atoms with Gasteiger partial charge in [-0.1, -0.05) is 37.6 Å². The molecule has 1 rings (SSSR count). The second kappa shape index (κ2) is 10.6. The third-order valence-corrected chi connectivity index (χ3v) is 4.39. The minimum Gasteiger partial charge on any atom is -0.469 e. The van der Waals surface area contributed by atoms with Crippen LogP contribution in [0.2, 0.25) is 0 Å². The quantitative estimate of drug-likeness (QED) is 0.271. The third-order valence-electron chi connectivity index (χ3n) is 4.39. The van der Waals surface area contributed by atoms with Crippen molar-refractivity contribution < 1.29 is 24.0 Å². The topological polar surface area (TPSA) is 54.0 Å². The Morgan fingerprint density at radius 1 is 1.38 bits per heavy atom. The molecule has 0 N–H and O–H groups in total. The van der Waals surface area contributed by atoms with Crippen LogP contribution in [0.5, 0.6) is 0 Å². The Morgan fingerprint density at radius 3 is 2.71 bits per heavy atom. The minimum absolute atomic E-state index is 0.156. The predicted octanol–water partition coefficient (Wildman–Crippen LogP) is 4.33. The van der Waals surface area contributed by atoms with Gasteiger partial charge < -0.3 is 9.47 Å². The lowest BCUT2D eigenvalue weighted by Gasteiger charge is -2.40. The zero-order chi connectivity index (χ0) is 18.0. The molecule has 0 aromatic carbocycles. The summed E-state index contributed by atoms with van der Waals surface area (Å²) in [6.45, 7) is 6.29. The smallest absolute Gasteiger partial charge is 0.308 e. The molecular weight excluding hydrogens is 308 g/mol. The van der Waals surface area contributed by atoms with Gasteiger partial charge in [0.05, 0.1) is 13.5 Å². The lowest BCUT2D eigenvalue weighted by Crippen LogP contribution is -2.46. The molecule has 0 radical (unpaired) electrons. The number of allylic oxidation sites excluding steroid dienone is 4. The van der Waals surface area contributed by atoms with Crippen LogP contribution < -0.4 is 0 Å². The maximum atomic E-state index is 11.4. The van der Waals surface area contributed by atoms with Crippen LogP contribution in [0, 0.1) is 5.92 Å². The molecule has 5 nitrogen and oxygen atoms in total. The predicted molar refractivity (Wildman–Crippen MR) is 93.2 cm³/mol. The Labute approximate surface area is 145 Å². The maximum Gasteiger partial charge on any atom is 0.308 e. The van der Waals surface area contributed by atoms with Gasteiger partial charge in [0.15, 0.2) is 0 Å². The molecule has 0 spiro atoms. The second-order valence-electron chi connectivity index (χ2n) is 6.45. The van der Waals surface area contributed by atoms with Gasteiger partial charge in [0, 0.05) is 20.0 Å². The Balaban J connectivity index is 2.45. The van der Waals surface area contributed by atoms with Crippen molar-refractivity contribution >= 4 is 5.97 Å². The first-order valence-electron chi connectivity index (χ1n) is 8.76. The first-order chi connectivity index (χ1) is 11.5. The van der Waals surface area contributed by atoms with E-state index in [0.29, 0.717) is 6.42 Å². The van der Waals surface area contributed by atoms with Gasteiger partial charge in [-0.3, -0.25) is 4.79 Å². The molecule has 0 bridgehead atoms. The van der Waals surface area contributed by atoms with Crippen molar-refractivity contribution in [3.63, 3.8) is 0 Å². The van der Waals surface area contributed by atoms with Gasteiger partial charge in [0.25, 0.3) is 0 Å². The Kier molecular flexibility index (Phi) is 9.26. The van der Waals surface area contributed by atoms with Crippen molar-refractivity contribution in [3.05, 3.63) is 23.8 Å². The van der Waals surface area contributed by atoms with E-state index in [1.54, 1.807) is 7.11 Å². The number of carbonyl (C=O) groups excluding carboxylic acids is 1. The summed E-state index contributed by atoms with van der Waals surface area (Å²) in [6, 6.07) is 0. The zero-order valence-corrected chi connectivity index (χ0v) is 15.7. The van der Waals surface area contributed by atoms with Crippen LogP contribution in [-0.2, 0) is 24.0 Å². The molecular formula is C19H32O5. The SMILES string of the molecule is CCC=C(C)C=CCCC[C@]1(OC)C[C@H](C)[C@H](CC(=O)OC)OO1. The van der Waals surface area contributed by atoms with E-state index in [1.165, 1.54) is 12.7 Å². The lowest BCUT2D eigenvalue weighted by atomic mass is 9.90. The van der Waals surface area contributed by atoms with E-state index in [9.17, 15) is 4.79 Å². The highest BCUT2D eigenvalue weighted by Gasteiger charge is 2.42. The van der Waals surface area contributed by atoms with E-state index < -0.39 is 5.79 Å². The highest BCUT2D eigenvalue weighted by Crippen LogP contribution is 2.36. The summed E-state index contributed by atoms with van der Waals surface area (Å²) in [4.78, 5) is 22.4. The molecule has 138 valence electrons. The van der Waals surface area contributed by atoms with Crippen LogP contribution in [0.25, 0.3) is 0 Å². The Bertz CT molecular complexity index is 443. The van der Waals surface area contributed by atoms with Crippen LogP contribution >= 0.6 is 0 Å². The highest BCUT2D eigenvalue weighted by atomic mass is 17.2. The standard InChI is InChI=1S/C19H32O5/c1-6-10-15(2)11-8-7-9-12-19(22-5)14-16(3)17(23-24-19)13-18(20)21-4/h8,10-11,16-17H,6-7,9,12-14H2,1-5H3/t16-,17-,19+/m0/s1. The molecule has 0 unspecified atom stereocenters. The Hall–Kier alpha value is -1.17. The number of rotatable bonds is 9. The van der Waals surface area contributed by atoms with E-state index in [0.717, 1.165) is 25.7 Å². The molecule has 0 aromatic rings.